The number of carboxylic acids is 2. The summed E-state index contributed by atoms with van der Waals surface area (Å²) in [7, 11) is 0. The highest BCUT2D eigenvalue weighted by Crippen LogP contribution is 2.23. The number of rotatable bonds is 14. The van der Waals surface area contributed by atoms with Crippen LogP contribution < -0.4 is 22.1 Å². The summed E-state index contributed by atoms with van der Waals surface area (Å²) in [5.41, 5.74) is 13.2. The monoisotopic (exact) mass is 544 g/mol. The van der Waals surface area contributed by atoms with Crippen LogP contribution in [0.4, 0.5) is 0 Å². The van der Waals surface area contributed by atoms with Crippen LogP contribution in [-0.4, -0.2) is 87.0 Å². The first-order chi connectivity index (χ1) is 18.6. The van der Waals surface area contributed by atoms with Crippen LogP contribution in [0.25, 0.3) is 10.9 Å². The molecule has 0 aliphatic carbocycles. The molecule has 0 saturated carbocycles. The van der Waals surface area contributed by atoms with Crippen molar-refractivity contribution in [3.63, 3.8) is 0 Å². The number of carboxylic acid groups (broad SMARTS) is 2. The molecule has 4 unspecified atom stereocenters. The van der Waals surface area contributed by atoms with Gasteiger partial charge in [0.2, 0.25) is 17.7 Å². The summed E-state index contributed by atoms with van der Waals surface area (Å²) in [5, 5.41) is 24.2. The van der Waals surface area contributed by atoms with E-state index in [-0.39, 0.29) is 19.4 Å². The molecular formula is C26H36N6O7. The number of nitrogens with two attached hydrogens (primary N) is 2. The largest absolute Gasteiger partial charge is 0.481 e. The highest BCUT2D eigenvalue weighted by molar-refractivity contribution is 5.95. The smallest absolute Gasteiger partial charge is 0.326 e. The molecule has 0 radical (unpaired) electrons. The number of aromatic amines is 1. The molecule has 1 aromatic heterocycles. The number of likely N-dealkylation sites (tertiary alicyclic amines) is 1. The number of fused-ring (bicyclic) bond motifs is 1. The van der Waals surface area contributed by atoms with Gasteiger partial charge < -0.3 is 42.2 Å². The van der Waals surface area contributed by atoms with Crippen molar-refractivity contribution in [1.29, 1.82) is 0 Å². The van der Waals surface area contributed by atoms with Gasteiger partial charge in [0.1, 0.15) is 18.1 Å². The number of nitrogens with one attached hydrogen (secondary N) is 3. The van der Waals surface area contributed by atoms with E-state index in [2.05, 4.69) is 15.6 Å². The van der Waals surface area contributed by atoms with Gasteiger partial charge in [0.25, 0.3) is 0 Å². The minimum absolute atomic E-state index is 0.131. The lowest BCUT2D eigenvalue weighted by atomic mass is 10.0. The molecule has 9 N–H and O–H groups in total. The predicted molar refractivity (Wildman–Crippen MR) is 141 cm³/mol. The van der Waals surface area contributed by atoms with E-state index in [1.807, 2.05) is 24.3 Å². The lowest BCUT2D eigenvalue weighted by molar-refractivity contribution is -0.148. The van der Waals surface area contributed by atoms with Crippen LogP contribution in [0.15, 0.2) is 30.5 Å². The van der Waals surface area contributed by atoms with Crippen molar-refractivity contribution >= 4 is 40.6 Å². The molecule has 13 nitrogen and oxygen atoms in total. The fourth-order valence-corrected chi connectivity index (χ4v) is 4.78. The van der Waals surface area contributed by atoms with Crippen LogP contribution in [0.1, 0.15) is 44.1 Å². The number of para-hydroxylation sites is 1. The maximum atomic E-state index is 13.8. The zero-order valence-electron chi connectivity index (χ0n) is 21.6. The van der Waals surface area contributed by atoms with E-state index in [4.69, 9.17) is 16.6 Å². The average molecular weight is 545 g/mol. The Bertz CT molecular complexity index is 1200. The summed E-state index contributed by atoms with van der Waals surface area (Å²) in [6.45, 7) is 0.694. The molecule has 3 amide bonds. The third-order valence-corrected chi connectivity index (χ3v) is 6.85. The van der Waals surface area contributed by atoms with Gasteiger partial charge in [-0.15, -0.1) is 0 Å². The summed E-state index contributed by atoms with van der Waals surface area (Å²) >= 11 is 0. The van der Waals surface area contributed by atoms with Gasteiger partial charge in [0.05, 0.1) is 12.5 Å². The molecule has 4 atom stereocenters. The van der Waals surface area contributed by atoms with Crippen LogP contribution in [0.5, 0.6) is 0 Å². The lowest BCUT2D eigenvalue weighted by Crippen LogP contribution is -2.57. The number of nitrogens with zero attached hydrogens (tertiary/aromatic N) is 1. The lowest BCUT2D eigenvalue weighted by Gasteiger charge is -2.30. The van der Waals surface area contributed by atoms with Crippen molar-refractivity contribution < 1.29 is 34.2 Å². The number of unbranched alkanes of at least 4 members (excludes halogenated alkanes) is 1. The Balaban J connectivity index is 1.81. The number of amides is 3. The summed E-state index contributed by atoms with van der Waals surface area (Å²) in [4.78, 5) is 66.6. The van der Waals surface area contributed by atoms with Gasteiger partial charge in [0.15, 0.2) is 0 Å². The number of aliphatic carboxylic acids is 2. The van der Waals surface area contributed by atoms with Crippen molar-refractivity contribution in [2.75, 3.05) is 13.1 Å². The van der Waals surface area contributed by atoms with E-state index in [0.717, 1.165) is 16.5 Å². The third-order valence-electron chi connectivity index (χ3n) is 6.85. The molecule has 1 fully saturated rings. The Hall–Kier alpha value is -3.97. The molecule has 39 heavy (non-hydrogen) atoms. The molecule has 1 aliphatic rings. The Labute approximate surface area is 225 Å². The number of hydrogen-bond acceptors (Lipinski definition) is 7. The third kappa shape index (κ3) is 7.77. The molecule has 0 spiro atoms. The Morgan fingerprint density at radius 2 is 1.82 bits per heavy atom. The van der Waals surface area contributed by atoms with Crippen molar-refractivity contribution in [2.24, 2.45) is 11.5 Å². The quantitative estimate of drug-likeness (QED) is 0.155. The van der Waals surface area contributed by atoms with E-state index in [1.54, 1.807) is 6.20 Å². The average Bonchev–Trinajstić information content (AvgIpc) is 3.55. The highest BCUT2D eigenvalue weighted by Gasteiger charge is 2.39. The maximum Gasteiger partial charge on any atom is 0.326 e. The summed E-state index contributed by atoms with van der Waals surface area (Å²) in [6.07, 6.45) is 3.59. The fourth-order valence-electron chi connectivity index (χ4n) is 4.78. The van der Waals surface area contributed by atoms with Gasteiger partial charge in [-0.25, -0.2) is 4.79 Å². The molecule has 3 rings (SSSR count). The van der Waals surface area contributed by atoms with Gasteiger partial charge in [-0.1, -0.05) is 24.6 Å². The molecule has 2 heterocycles. The first kappa shape index (κ1) is 29.6. The number of carbonyl (C=O) groups is 5. The standard InChI is InChI=1S/C26H36N6O7/c27-10-4-3-7-17(28)23(35)30-19(12-15-14-29-18-8-2-1-6-16(15)18)25(37)32-11-5-9-21(32)24(36)31-20(26(38)39)13-22(33)34/h1-2,6,8,14,17,19-21,29H,3-5,7,9-13,27-28H2,(H,30,35)(H,31,36)(H,33,34)(H,38,39). The number of aromatic nitrogens is 1. The first-order valence-corrected chi connectivity index (χ1v) is 13.0. The molecule has 0 bridgehead atoms. The number of hydrogen-bond donors (Lipinski definition) is 7. The summed E-state index contributed by atoms with van der Waals surface area (Å²) in [6, 6.07) is 2.98. The van der Waals surface area contributed by atoms with Crippen molar-refractivity contribution in [2.45, 2.75) is 69.1 Å². The van der Waals surface area contributed by atoms with Gasteiger partial charge in [0, 0.05) is 30.1 Å². The normalized spacial score (nSPS) is 17.4. The fraction of sp³-hybridized carbons (Fsp3) is 0.500. The van der Waals surface area contributed by atoms with Crippen molar-refractivity contribution in [1.82, 2.24) is 20.5 Å². The molecule has 212 valence electrons. The van der Waals surface area contributed by atoms with E-state index >= 15 is 0 Å². The molecule has 13 heteroatoms. The predicted octanol–water partition coefficient (Wildman–Crippen LogP) is -0.313. The number of carbonyl (C=O) groups excluding carboxylic acids is 3. The van der Waals surface area contributed by atoms with Crippen LogP contribution >= 0.6 is 0 Å². The Kier molecular flexibility index (Phi) is 10.4. The minimum Gasteiger partial charge on any atom is -0.481 e. The first-order valence-electron chi connectivity index (χ1n) is 13.0. The summed E-state index contributed by atoms with van der Waals surface area (Å²) in [5.74, 6) is -4.64. The molecule has 1 aromatic carbocycles. The second kappa shape index (κ2) is 13.7. The topological polar surface area (TPSA) is 221 Å². The van der Waals surface area contributed by atoms with Crippen molar-refractivity contribution in [3.05, 3.63) is 36.0 Å². The number of benzene rings is 1. The number of H-pyrrole nitrogens is 1. The van der Waals surface area contributed by atoms with Gasteiger partial charge in [-0.3, -0.25) is 19.2 Å². The van der Waals surface area contributed by atoms with E-state index in [9.17, 15) is 29.1 Å². The van der Waals surface area contributed by atoms with Crippen LogP contribution in [0, 0.1) is 0 Å². The summed E-state index contributed by atoms with van der Waals surface area (Å²) < 4.78 is 0. The minimum atomic E-state index is -1.64. The second-order valence-corrected chi connectivity index (χ2v) is 9.70. The molecular weight excluding hydrogens is 508 g/mol. The SMILES string of the molecule is NCCCCC(N)C(=O)NC(Cc1c[nH]c2ccccc12)C(=O)N1CCCC1C(=O)NC(CC(=O)O)C(=O)O. The maximum absolute atomic E-state index is 13.8. The zero-order valence-corrected chi connectivity index (χ0v) is 21.6. The Morgan fingerprint density at radius 3 is 2.51 bits per heavy atom. The molecule has 1 aliphatic heterocycles. The van der Waals surface area contributed by atoms with Crippen molar-refractivity contribution in [3.8, 4) is 0 Å². The van der Waals surface area contributed by atoms with E-state index < -0.39 is 60.2 Å². The van der Waals surface area contributed by atoms with Crippen LogP contribution in [0.2, 0.25) is 0 Å². The van der Waals surface area contributed by atoms with Crippen LogP contribution in [0.3, 0.4) is 0 Å². The van der Waals surface area contributed by atoms with E-state index in [0.29, 0.717) is 32.2 Å². The van der Waals surface area contributed by atoms with E-state index in [1.165, 1.54) is 4.90 Å². The molecule has 1 saturated heterocycles. The molecule has 2 aromatic rings. The van der Waals surface area contributed by atoms with Crippen LogP contribution in [-0.2, 0) is 30.4 Å². The van der Waals surface area contributed by atoms with Gasteiger partial charge in [-0.2, -0.15) is 0 Å². The Morgan fingerprint density at radius 1 is 1.08 bits per heavy atom. The zero-order chi connectivity index (χ0) is 28.5. The van der Waals surface area contributed by atoms with Gasteiger partial charge >= 0.3 is 11.9 Å². The highest BCUT2D eigenvalue weighted by atomic mass is 16.4. The van der Waals surface area contributed by atoms with Gasteiger partial charge in [-0.05, 0) is 43.9 Å². The second-order valence-electron chi connectivity index (χ2n) is 9.70.